The van der Waals surface area contributed by atoms with Crippen molar-refractivity contribution >= 4 is 17.3 Å². The van der Waals surface area contributed by atoms with Gasteiger partial charge < -0.3 is 19.9 Å². The Kier molecular flexibility index (Phi) is 6.32. The van der Waals surface area contributed by atoms with Crippen molar-refractivity contribution in [3.05, 3.63) is 53.6 Å². The topological polar surface area (TPSA) is 44.8 Å². The van der Waals surface area contributed by atoms with E-state index >= 15 is 0 Å². The van der Waals surface area contributed by atoms with Gasteiger partial charge in [-0.3, -0.25) is 4.79 Å². The maximum atomic E-state index is 12.4. The molecule has 8 heteroatoms. The van der Waals surface area contributed by atoms with E-state index < -0.39 is 12.3 Å². The number of benzene rings is 2. The van der Waals surface area contributed by atoms with Gasteiger partial charge in [0.25, 0.3) is 5.91 Å². The van der Waals surface area contributed by atoms with Crippen molar-refractivity contribution < 1.29 is 22.7 Å². The molecule has 1 heterocycles. The summed E-state index contributed by atoms with van der Waals surface area (Å²) in [6.07, 6.45) is -4.76. The second-order valence-electron chi connectivity index (χ2n) is 6.95. The highest BCUT2D eigenvalue weighted by molar-refractivity contribution is 6.04. The number of amides is 1. The van der Waals surface area contributed by atoms with Gasteiger partial charge in [-0.1, -0.05) is 6.92 Å². The number of alkyl halides is 3. The zero-order chi connectivity index (χ0) is 21.0. The monoisotopic (exact) mass is 407 g/mol. The van der Waals surface area contributed by atoms with Crippen LogP contribution in [0.25, 0.3) is 0 Å². The normalized spacial score (nSPS) is 15.3. The molecule has 156 valence electrons. The fourth-order valence-corrected chi connectivity index (χ4v) is 3.31. The van der Waals surface area contributed by atoms with Gasteiger partial charge in [0, 0.05) is 43.1 Å². The van der Waals surface area contributed by atoms with Crippen LogP contribution in [0.5, 0.6) is 5.75 Å². The Morgan fingerprint density at radius 2 is 1.72 bits per heavy atom. The molecule has 1 aliphatic rings. The fourth-order valence-electron chi connectivity index (χ4n) is 3.31. The van der Waals surface area contributed by atoms with Crippen molar-refractivity contribution in [3.8, 4) is 5.75 Å². The van der Waals surface area contributed by atoms with Crippen LogP contribution in [0.4, 0.5) is 24.5 Å². The zero-order valence-corrected chi connectivity index (χ0v) is 16.4. The van der Waals surface area contributed by atoms with E-state index in [4.69, 9.17) is 0 Å². The molecule has 0 spiro atoms. The average Bonchev–Trinajstić information content (AvgIpc) is 2.69. The van der Waals surface area contributed by atoms with Crippen LogP contribution in [0.1, 0.15) is 22.8 Å². The smallest absolute Gasteiger partial charge is 0.406 e. The van der Waals surface area contributed by atoms with E-state index in [-0.39, 0.29) is 11.3 Å². The number of halogens is 3. The number of ether oxygens (including phenoxy) is 1. The SMILES string of the molecule is CCN1CCN(c2ccc(NC(=O)c3ccc(OC(F)(F)F)cc3)c(C)c2)CC1. The molecular weight excluding hydrogens is 383 g/mol. The molecule has 2 aromatic carbocycles. The van der Waals surface area contributed by atoms with Gasteiger partial charge in [0.05, 0.1) is 0 Å². The third-order valence-electron chi connectivity index (χ3n) is 4.99. The van der Waals surface area contributed by atoms with E-state index in [1.165, 1.54) is 12.1 Å². The molecule has 0 bridgehead atoms. The summed E-state index contributed by atoms with van der Waals surface area (Å²) in [6.45, 7) is 9.12. The number of nitrogens with one attached hydrogen (secondary N) is 1. The van der Waals surface area contributed by atoms with E-state index in [0.717, 1.165) is 56.1 Å². The van der Waals surface area contributed by atoms with Gasteiger partial charge >= 0.3 is 6.36 Å². The average molecular weight is 407 g/mol. The van der Waals surface area contributed by atoms with Gasteiger partial charge in [0.2, 0.25) is 0 Å². The lowest BCUT2D eigenvalue weighted by atomic mass is 10.1. The Morgan fingerprint density at radius 1 is 1.07 bits per heavy atom. The number of piperazine rings is 1. The van der Waals surface area contributed by atoms with Crippen LogP contribution >= 0.6 is 0 Å². The zero-order valence-electron chi connectivity index (χ0n) is 16.4. The highest BCUT2D eigenvalue weighted by atomic mass is 19.4. The number of hydrogen-bond acceptors (Lipinski definition) is 4. The minimum atomic E-state index is -4.76. The van der Waals surface area contributed by atoms with Gasteiger partial charge in [-0.15, -0.1) is 13.2 Å². The van der Waals surface area contributed by atoms with Crippen molar-refractivity contribution in [2.45, 2.75) is 20.2 Å². The van der Waals surface area contributed by atoms with Gasteiger partial charge in [-0.05, 0) is 61.5 Å². The Hall–Kier alpha value is -2.74. The molecule has 1 fully saturated rings. The molecule has 1 saturated heterocycles. The molecule has 0 unspecified atom stereocenters. The first kappa shape index (κ1) is 21.0. The van der Waals surface area contributed by atoms with Gasteiger partial charge in [0.1, 0.15) is 5.75 Å². The highest BCUT2D eigenvalue weighted by Crippen LogP contribution is 2.25. The number of aryl methyl sites for hydroxylation is 1. The second kappa shape index (κ2) is 8.73. The summed E-state index contributed by atoms with van der Waals surface area (Å²) in [6, 6.07) is 10.7. The van der Waals surface area contributed by atoms with Crippen LogP contribution < -0.4 is 15.0 Å². The number of rotatable bonds is 5. The van der Waals surface area contributed by atoms with Crippen molar-refractivity contribution in [1.82, 2.24) is 4.90 Å². The molecule has 0 aliphatic carbocycles. The Morgan fingerprint density at radius 3 is 2.28 bits per heavy atom. The molecule has 3 rings (SSSR count). The molecule has 1 N–H and O–H groups in total. The number of hydrogen-bond donors (Lipinski definition) is 1. The molecular formula is C21H24F3N3O2. The predicted octanol–water partition coefficient (Wildman–Crippen LogP) is 4.29. The minimum Gasteiger partial charge on any atom is -0.406 e. The summed E-state index contributed by atoms with van der Waals surface area (Å²) < 4.78 is 40.5. The maximum absolute atomic E-state index is 12.4. The van der Waals surface area contributed by atoms with E-state index in [0.29, 0.717) is 5.69 Å². The van der Waals surface area contributed by atoms with Crippen LogP contribution in [0.15, 0.2) is 42.5 Å². The highest BCUT2D eigenvalue weighted by Gasteiger charge is 2.31. The molecule has 29 heavy (non-hydrogen) atoms. The lowest BCUT2D eigenvalue weighted by molar-refractivity contribution is -0.274. The van der Waals surface area contributed by atoms with Crippen LogP contribution in [-0.4, -0.2) is 49.9 Å². The van der Waals surface area contributed by atoms with E-state index in [1.54, 1.807) is 0 Å². The summed E-state index contributed by atoms with van der Waals surface area (Å²) in [5.41, 5.74) is 2.95. The van der Waals surface area contributed by atoms with Crippen LogP contribution in [0.2, 0.25) is 0 Å². The molecule has 0 atom stereocenters. The van der Waals surface area contributed by atoms with Gasteiger partial charge in [-0.2, -0.15) is 0 Å². The quantitative estimate of drug-likeness (QED) is 0.803. The molecule has 0 saturated carbocycles. The molecule has 1 amide bonds. The second-order valence-corrected chi connectivity index (χ2v) is 6.95. The number of carbonyl (C=O) groups excluding carboxylic acids is 1. The summed E-state index contributed by atoms with van der Waals surface area (Å²) in [7, 11) is 0. The minimum absolute atomic E-state index is 0.249. The van der Waals surface area contributed by atoms with E-state index in [2.05, 4.69) is 26.8 Å². The first-order chi connectivity index (χ1) is 13.7. The molecule has 5 nitrogen and oxygen atoms in total. The molecule has 0 aromatic heterocycles. The summed E-state index contributed by atoms with van der Waals surface area (Å²) >= 11 is 0. The number of likely N-dealkylation sites (N-methyl/N-ethyl adjacent to an activating group) is 1. The van der Waals surface area contributed by atoms with Crippen molar-refractivity contribution in [3.63, 3.8) is 0 Å². The lowest BCUT2D eigenvalue weighted by Crippen LogP contribution is -2.46. The lowest BCUT2D eigenvalue weighted by Gasteiger charge is -2.35. The van der Waals surface area contributed by atoms with Crippen LogP contribution in [0, 0.1) is 6.92 Å². The van der Waals surface area contributed by atoms with Crippen LogP contribution in [0.3, 0.4) is 0 Å². The van der Waals surface area contributed by atoms with Crippen LogP contribution in [-0.2, 0) is 0 Å². The molecule has 0 radical (unpaired) electrons. The van der Waals surface area contributed by atoms with Crippen molar-refractivity contribution in [1.29, 1.82) is 0 Å². The standard InChI is InChI=1S/C21H24F3N3O2/c1-3-26-10-12-27(13-11-26)17-6-9-19(15(2)14-17)25-20(28)16-4-7-18(8-5-16)29-21(22,23)24/h4-9,14H,3,10-13H2,1-2H3,(H,25,28). The summed E-state index contributed by atoms with van der Waals surface area (Å²) in [4.78, 5) is 17.2. The number of nitrogens with zero attached hydrogens (tertiary/aromatic N) is 2. The first-order valence-electron chi connectivity index (χ1n) is 9.50. The number of anilines is 2. The van der Waals surface area contributed by atoms with E-state index in [9.17, 15) is 18.0 Å². The van der Waals surface area contributed by atoms with Crippen molar-refractivity contribution in [2.24, 2.45) is 0 Å². The fraction of sp³-hybridized carbons (Fsp3) is 0.381. The Balaban J connectivity index is 1.63. The third-order valence-corrected chi connectivity index (χ3v) is 4.99. The molecule has 2 aromatic rings. The first-order valence-corrected chi connectivity index (χ1v) is 9.50. The Bertz CT molecular complexity index is 845. The summed E-state index contributed by atoms with van der Waals surface area (Å²) in [5.74, 6) is -0.756. The molecule has 1 aliphatic heterocycles. The Labute approximate surface area is 168 Å². The predicted molar refractivity (Wildman–Crippen MR) is 107 cm³/mol. The van der Waals surface area contributed by atoms with E-state index in [1.807, 2.05) is 25.1 Å². The maximum Gasteiger partial charge on any atom is 0.573 e. The number of carbonyl (C=O) groups is 1. The third kappa shape index (κ3) is 5.63. The van der Waals surface area contributed by atoms with Gasteiger partial charge in [0.15, 0.2) is 0 Å². The largest absolute Gasteiger partial charge is 0.573 e. The van der Waals surface area contributed by atoms with Crippen molar-refractivity contribution in [2.75, 3.05) is 42.9 Å². The summed E-state index contributed by atoms with van der Waals surface area (Å²) in [5, 5.41) is 2.81. The van der Waals surface area contributed by atoms with Gasteiger partial charge in [-0.25, -0.2) is 0 Å².